The quantitative estimate of drug-likeness (QED) is 0.375. The smallest absolute Gasteiger partial charge is 1.00 e. The van der Waals surface area contributed by atoms with Gasteiger partial charge in [0.05, 0.1) is 0 Å². The van der Waals surface area contributed by atoms with Crippen LogP contribution in [0.3, 0.4) is 0 Å². The summed E-state index contributed by atoms with van der Waals surface area (Å²) in [7, 11) is 2.35. The molecule has 4 heteroatoms. The van der Waals surface area contributed by atoms with Crippen molar-refractivity contribution in [2.75, 3.05) is 0 Å². The van der Waals surface area contributed by atoms with E-state index in [1.807, 2.05) is 0 Å². The molecule has 26 valence electrons. The van der Waals surface area contributed by atoms with Crippen molar-refractivity contribution >= 4 is 61.2 Å². The van der Waals surface area contributed by atoms with Crippen LogP contribution in [0.25, 0.3) is 0 Å². The van der Waals surface area contributed by atoms with Gasteiger partial charge in [0, 0.05) is 17.1 Å². The van der Waals surface area contributed by atoms with E-state index in [0.717, 1.165) is 0 Å². The van der Waals surface area contributed by atoms with E-state index in [-0.39, 0.29) is 57.7 Å². The molecular formula is H5CaFePSe. The van der Waals surface area contributed by atoms with Gasteiger partial charge >= 0.3 is 61.2 Å². The summed E-state index contributed by atoms with van der Waals surface area (Å²) in [6.07, 6.45) is 0. The van der Waals surface area contributed by atoms with E-state index in [9.17, 15) is 0 Å². The molecule has 0 aromatic heterocycles. The van der Waals surface area contributed by atoms with Crippen molar-refractivity contribution in [3.05, 3.63) is 0 Å². The summed E-state index contributed by atoms with van der Waals surface area (Å²) in [5, 5.41) is 0. The Kier molecular flexibility index (Phi) is 68.3. The number of rotatable bonds is 0. The van der Waals surface area contributed by atoms with Crippen LogP contribution in [0.15, 0.2) is 0 Å². The van der Waals surface area contributed by atoms with Crippen LogP contribution in [-0.2, 0) is 17.1 Å². The molecule has 0 aromatic carbocycles. The van der Waals surface area contributed by atoms with E-state index in [1.165, 1.54) is 0 Å². The van der Waals surface area contributed by atoms with Crippen LogP contribution >= 0.6 is 7.93 Å². The first-order valence-electron chi connectivity index (χ1n) is 0.258. The fourth-order valence-corrected chi connectivity index (χ4v) is 0. The number of hydrogen-bond acceptors (Lipinski definition) is 0. The van der Waals surface area contributed by atoms with E-state index in [1.54, 1.807) is 0 Å². The van der Waals surface area contributed by atoms with E-state index < -0.39 is 0 Å². The monoisotopic (exact) mass is 212 g/mol. The SMILES string of the molecule is P[SeH].[Ca+2].[Fe].[H-].[H-]. The zero-order chi connectivity index (χ0) is 2.00. The summed E-state index contributed by atoms with van der Waals surface area (Å²) in [5.41, 5.74) is 0. The summed E-state index contributed by atoms with van der Waals surface area (Å²) in [6, 6.07) is 0. The Morgan fingerprint density at radius 1 is 1.50 bits per heavy atom. The molecule has 0 nitrogen and oxygen atoms in total. The van der Waals surface area contributed by atoms with Crippen LogP contribution in [0.2, 0.25) is 0 Å². The Morgan fingerprint density at radius 3 is 1.50 bits per heavy atom. The normalized spacial score (nSPS) is 1.50. The zero-order valence-corrected chi connectivity index (χ0v) is 8.43. The average molecular weight is 211 g/mol. The molecule has 0 bridgehead atoms. The first-order chi connectivity index (χ1) is 1.00. The topological polar surface area (TPSA) is 0 Å². The van der Waals surface area contributed by atoms with Gasteiger partial charge in [0.1, 0.15) is 0 Å². The Hall–Kier alpha value is 2.73. The van der Waals surface area contributed by atoms with Crippen molar-refractivity contribution in [2.24, 2.45) is 0 Å². The summed E-state index contributed by atoms with van der Waals surface area (Å²) < 4.78 is 0. The summed E-state index contributed by atoms with van der Waals surface area (Å²) >= 11 is 2.23. The fourth-order valence-electron chi connectivity index (χ4n) is 0. The fraction of sp³-hybridized carbons (Fsp3) is 0. The standard InChI is InChI=1S/Ca.Fe.H3PSe.2H/c;;1-2;;/h;;2H,1H2;;/q+2;;;2*-1. The second-order valence-corrected chi connectivity index (χ2v) is 0. The van der Waals surface area contributed by atoms with Crippen molar-refractivity contribution in [3.8, 4) is 0 Å². The molecule has 0 aliphatic carbocycles. The van der Waals surface area contributed by atoms with Gasteiger partial charge in [0.2, 0.25) is 0 Å². The second kappa shape index (κ2) is 17.2. The average Bonchev–Trinajstić information content (AvgIpc) is 1.00. The van der Waals surface area contributed by atoms with Gasteiger partial charge in [0.25, 0.3) is 0 Å². The second-order valence-electron chi connectivity index (χ2n) is 0. The van der Waals surface area contributed by atoms with Crippen LogP contribution in [-0.4, -0.2) is 53.3 Å². The molecular weight excluding hydrogens is 206 g/mol. The Labute approximate surface area is 79.9 Å². The maximum absolute atomic E-state index is 2.35. The van der Waals surface area contributed by atoms with Crippen LogP contribution in [0, 0.1) is 0 Å². The largest absolute Gasteiger partial charge is 2.00 e. The molecule has 0 fully saturated rings. The maximum atomic E-state index is 2.35. The summed E-state index contributed by atoms with van der Waals surface area (Å²) in [4.78, 5) is 0. The van der Waals surface area contributed by atoms with Crippen molar-refractivity contribution in [1.29, 1.82) is 0 Å². The van der Waals surface area contributed by atoms with Crippen molar-refractivity contribution in [1.82, 2.24) is 0 Å². The minimum atomic E-state index is 0. The molecule has 4 heavy (non-hydrogen) atoms. The third-order valence-corrected chi connectivity index (χ3v) is 0. The molecule has 0 rings (SSSR count). The minimum absolute atomic E-state index is 0. The molecule has 0 aromatic rings. The molecule has 1 atom stereocenters. The van der Waals surface area contributed by atoms with Gasteiger partial charge in [-0.25, -0.2) is 0 Å². The third kappa shape index (κ3) is 8.83. The molecule has 0 N–H and O–H groups in total. The van der Waals surface area contributed by atoms with Gasteiger partial charge in [-0.1, -0.05) is 0 Å². The molecule has 0 saturated carbocycles. The number of hydrogen-bond donors (Lipinski definition) is 0. The van der Waals surface area contributed by atoms with E-state index in [4.69, 9.17) is 0 Å². The first-order valence-corrected chi connectivity index (χ1v) is 4.02. The molecule has 0 aliphatic rings. The first kappa shape index (κ1) is 15.9. The van der Waals surface area contributed by atoms with Crippen molar-refractivity contribution in [3.63, 3.8) is 0 Å². The molecule has 0 aliphatic heterocycles. The molecule has 1 unspecified atom stereocenters. The third-order valence-electron chi connectivity index (χ3n) is 0. The van der Waals surface area contributed by atoms with Crippen LogP contribution in [0.4, 0.5) is 0 Å². The van der Waals surface area contributed by atoms with Gasteiger partial charge in [-0.15, -0.1) is 0 Å². The van der Waals surface area contributed by atoms with E-state index >= 15 is 0 Å². The minimum Gasteiger partial charge on any atom is -1.00 e. The van der Waals surface area contributed by atoms with Gasteiger partial charge in [0.15, 0.2) is 0 Å². The van der Waals surface area contributed by atoms with Crippen LogP contribution < -0.4 is 0 Å². The van der Waals surface area contributed by atoms with E-state index in [0.29, 0.717) is 0 Å². The molecule has 0 heterocycles. The predicted octanol–water partition coefficient (Wildman–Crippen LogP) is -0.481. The van der Waals surface area contributed by atoms with Crippen LogP contribution in [0.1, 0.15) is 2.85 Å². The molecule has 0 spiro atoms. The van der Waals surface area contributed by atoms with Crippen molar-refractivity contribution < 1.29 is 19.9 Å². The van der Waals surface area contributed by atoms with Gasteiger partial charge in [-0.3, -0.25) is 0 Å². The molecule has 0 radical (unpaired) electrons. The van der Waals surface area contributed by atoms with Gasteiger partial charge in [-0.05, 0) is 0 Å². The molecule has 0 amide bonds. The van der Waals surface area contributed by atoms with Crippen molar-refractivity contribution in [2.45, 2.75) is 0 Å². The summed E-state index contributed by atoms with van der Waals surface area (Å²) in [5.74, 6) is 0. The maximum Gasteiger partial charge on any atom is 2.00 e. The van der Waals surface area contributed by atoms with Crippen LogP contribution in [0.5, 0.6) is 0 Å². The van der Waals surface area contributed by atoms with Gasteiger partial charge < -0.3 is 2.85 Å². The predicted molar refractivity (Wildman–Crippen MR) is 24.8 cm³/mol. The Morgan fingerprint density at radius 2 is 1.50 bits per heavy atom. The van der Waals surface area contributed by atoms with E-state index in [2.05, 4.69) is 23.5 Å². The summed E-state index contributed by atoms with van der Waals surface area (Å²) in [6.45, 7) is 0. The Balaban J connectivity index is -0.000000000833. The Bertz CT molecular complexity index is 13.5. The zero-order valence-electron chi connectivity index (χ0n) is 4.09. The molecule has 0 saturated heterocycles. The van der Waals surface area contributed by atoms with Gasteiger partial charge in [-0.2, -0.15) is 0 Å².